The minimum atomic E-state index is -0.209. The van der Waals surface area contributed by atoms with Crippen LogP contribution in [0.5, 0.6) is 0 Å². The normalized spacial score (nSPS) is 12.7. The zero-order valence-corrected chi connectivity index (χ0v) is 13.2. The van der Waals surface area contributed by atoms with Gasteiger partial charge >= 0.3 is 0 Å². The maximum Gasteiger partial charge on any atom is 0.156 e. The molecule has 1 heterocycles. The predicted molar refractivity (Wildman–Crippen MR) is 82.7 cm³/mol. The predicted octanol–water partition coefficient (Wildman–Crippen LogP) is 3.02. The lowest BCUT2D eigenvalue weighted by molar-refractivity contribution is 0.535. The summed E-state index contributed by atoms with van der Waals surface area (Å²) < 4.78 is 1.89. The fraction of sp³-hybridized carbons (Fsp3) is 0.500. The van der Waals surface area contributed by atoms with E-state index in [1.165, 1.54) is 5.56 Å². The maximum absolute atomic E-state index is 5.77. The lowest BCUT2D eigenvalue weighted by atomic mass is 9.83. The summed E-state index contributed by atoms with van der Waals surface area (Å²) in [6.45, 7) is 10.7. The van der Waals surface area contributed by atoms with Gasteiger partial charge in [-0.3, -0.25) is 4.68 Å². The van der Waals surface area contributed by atoms with Crippen LogP contribution in [0.15, 0.2) is 24.3 Å². The Hall–Kier alpha value is -1.84. The molecule has 0 aliphatic rings. The number of hydrogen-bond acceptors (Lipinski definition) is 3. The van der Waals surface area contributed by atoms with Crippen LogP contribution in [0, 0.1) is 0 Å². The molecule has 0 saturated heterocycles. The van der Waals surface area contributed by atoms with Gasteiger partial charge in [0.05, 0.1) is 0 Å². The van der Waals surface area contributed by atoms with Crippen LogP contribution in [0.25, 0.3) is 0 Å². The average Bonchev–Trinajstić information content (AvgIpc) is 2.72. The number of benzene rings is 1. The van der Waals surface area contributed by atoms with Crippen molar-refractivity contribution < 1.29 is 0 Å². The highest BCUT2D eigenvalue weighted by Gasteiger charge is 2.31. The largest absolute Gasteiger partial charge is 0.399 e. The lowest BCUT2D eigenvalue weighted by Crippen LogP contribution is -2.24. The van der Waals surface area contributed by atoms with Crippen LogP contribution < -0.4 is 5.73 Å². The van der Waals surface area contributed by atoms with Gasteiger partial charge in [0.1, 0.15) is 5.82 Å². The summed E-state index contributed by atoms with van der Waals surface area (Å²) in [7, 11) is 1.95. The van der Waals surface area contributed by atoms with Crippen molar-refractivity contribution in [3.63, 3.8) is 0 Å². The average molecular weight is 272 g/mol. The standard InChI is InChI=1S/C16H24N4/c1-15(2,3)13-18-14(20(6)19-13)16(4,5)11-7-9-12(17)10-8-11/h7-10H,17H2,1-6H3. The second-order valence-corrected chi connectivity index (χ2v) is 6.88. The Labute approximate surface area is 121 Å². The van der Waals surface area contributed by atoms with Crippen LogP contribution in [-0.2, 0) is 17.9 Å². The third-order valence-electron chi connectivity index (χ3n) is 3.63. The fourth-order valence-electron chi connectivity index (χ4n) is 2.28. The molecule has 1 aromatic heterocycles. The van der Waals surface area contributed by atoms with Crippen molar-refractivity contribution in [2.75, 3.05) is 5.73 Å². The summed E-state index contributed by atoms with van der Waals surface area (Å²) >= 11 is 0. The van der Waals surface area contributed by atoms with Gasteiger partial charge in [0.25, 0.3) is 0 Å². The summed E-state index contributed by atoms with van der Waals surface area (Å²) in [5.41, 5.74) is 7.47. The van der Waals surface area contributed by atoms with E-state index in [1.54, 1.807) is 0 Å². The van der Waals surface area contributed by atoms with E-state index in [9.17, 15) is 0 Å². The van der Waals surface area contributed by atoms with Crippen LogP contribution in [0.3, 0.4) is 0 Å². The highest BCUT2D eigenvalue weighted by Crippen LogP contribution is 2.31. The van der Waals surface area contributed by atoms with E-state index in [1.807, 2.05) is 23.9 Å². The fourth-order valence-corrected chi connectivity index (χ4v) is 2.28. The molecule has 4 heteroatoms. The minimum Gasteiger partial charge on any atom is -0.399 e. The maximum atomic E-state index is 5.77. The van der Waals surface area contributed by atoms with Gasteiger partial charge in [0.2, 0.25) is 0 Å². The second-order valence-electron chi connectivity index (χ2n) is 6.88. The molecule has 0 spiro atoms. The molecule has 0 saturated carbocycles. The SMILES string of the molecule is Cn1nc(C(C)(C)C)nc1C(C)(C)c1ccc(N)cc1. The van der Waals surface area contributed by atoms with E-state index >= 15 is 0 Å². The van der Waals surface area contributed by atoms with Gasteiger partial charge in [-0.2, -0.15) is 5.10 Å². The van der Waals surface area contributed by atoms with E-state index < -0.39 is 0 Å². The van der Waals surface area contributed by atoms with E-state index in [0.717, 1.165) is 17.3 Å². The van der Waals surface area contributed by atoms with Crippen molar-refractivity contribution in [3.8, 4) is 0 Å². The molecule has 0 bridgehead atoms. The quantitative estimate of drug-likeness (QED) is 0.855. The molecule has 0 aliphatic carbocycles. The Bertz CT molecular complexity index is 600. The Morgan fingerprint density at radius 2 is 1.55 bits per heavy atom. The molecule has 2 aromatic rings. The number of nitrogen functional groups attached to an aromatic ring is 1. The third kappa shape index (κ3) is 2.55. The second kappa shape index (κ2) is 4.62. The van der Waals surface area contributed by atoms with E-state index in [4.69, 9.17) is 10.7 Å². The van der Waals surface area contributed by atoms with Gasteiger partial charge in [0.15, 0.2) is 5.82 Å². The van der Waals surface area contributed by atoms with Crippen LogP contribution in [0.2, 0.25) is 0 Å². The number of nitrogens with two attached hydrogens (primary N) is 1. The highest BCUT2D eigenvalue weighted by molar-refractivity contribution is 5.43. The molecular formula is C16H24N4. The van der Waals surface area contributed by atoms with Gasteiger partial charge in [-0.25, -0.2) is 4.98 Å². The molecule has 0 aliphatic heterocycles. The van der Waals surface area contributed by atoms with Crippen molar-refractivity contribution in [3.05, 3.63) is 41.5 Å². The summed E-state index contributed by atoms with van der Waals surface area (Å²) in [5, 5.41) is 4.57. The number of rotatable bonds is 2. The van der Waals surface area contributed by atoms with Gasteiger partial charge < -0.3 is 5.73 Å². The Kier molecular flexibility index (Phi) is 3.36. The zero-order chi connectivity index (χ0) is 15.1. The molecule has 0 radical (unpaired) electrons. The smallest absolute Gasteiger partial charge is 0.156 e. The van der Waals surface area contributed by atoms with Gasteiger partial charge in [-0.05, 0) is 31.5 Å². The Morgan fingerprint density at radius 3 is 2.00 bits per heavy atom. The van der Waals surface area contributed by atoms with Gasteiger partial charge in [0, 0.05) is 23.6 Å². The molecule has 2 rings (SSSR count). The molecule has 2 N–H and O–H groups in total. The minimum absolute atomic E-state index is 0.0484. The highest BCUT2D eigenvalue weighted by atomic mass is 15.3. The number of aromatic nitrogens is 3. The zero-order valence-electron chi connectivity index (χ0n) is 13.2. The van der Waals surface area contributed by atoms with Crippen molar-refractivity contribution in [2.24, 2.45) is 7.05 Å². The summed E-state index contributed by atoms with van der Waals surface area (Å²) in [4.78, 5) is 4.77. The first-order valence-corrected chi connectivity index (χ1v) is 6.90. The molecule has 0 atom stereocenters. The molecule has 4 nitrogen and oxygen atoms in total. The molecule has 0 amide bonds. The number of hydrogen-bond donors (Lipinski definition) is 1. The summed E-state index contributed by atoms with van der Waals surface area (Å²) in [5.74, 6) is 1.84. The van der Waals surface area contributed by atoms with E-state index in [2.05, 4.69) is 51.9 Å². The molecule has 108 valence electrons. The lowest BCUT2D eigenvalue weighted by Gasteiger charge is -2.24. The van der Waals surface area contributed by atoms with E-state index in [-0.39, 0.29) is 10.8 Å². The van der Waals surface area contributed by atoms with Crippen LogP contribution >= 0.6 is 0 Å². The molecule has 20 heavy (non-hydrogen) atoms. The van der Waals surface area contributed by atoms with Gasteiger partial charge in [-0.1, -0.05) is 32.9 Å². The Morgan fingerprint density at radius 1 is 1.00 bits per heavy atom. The van der Waals surface area contributed by atoms with Crippen LogP contribution in [0.4, 0.5) is 5.69 Å². The molecule has 0 unspecified atom stereocenters. The monoisotopic (exact) mass is 272 g/mol. The molecule has 0 fully saturated rings. The summed E-state index contributed by atoms with van der Waals surface area (Å²) in [6.07, 6.45) is 0. The van der Waals surface area contributed by atoms with Crippen molar-refractivity contribution >= 4 is 5.69 Å². The molecule has 1 aromatic carbocycles. The van der Waals surface area contributed by atoms with Crippen molar-refractivity contribution in [1.82, 2.24) is 14.8 Å². The van der Waals surface area contributed by atoms with Crippen molar-refractivity contribution in [2.45, 2.75) is 45.4 Å². The number of aryl methyl sites for hydroxylation is 1. The molecular weight excluding hydrogens is 248 g/mol. The number of anilines is 1. The number of nitrogens with zero attached hydrogens (tertiary/aromatic N) is 3. The van der Waals surface area contributed by atoms with E-state index in [0.29, 0.717) is 0 Å². The van der Waals surface area contributed by atoms with Gasteiger partial charge in [-0.15, -0.1) is 0 Å². The first-order chi connectivity index (χ1) is 9.12. The third-order valence-corrected chi connectivity index (χ3v) is 3.63. The first-order valence-electron chi connectivity index (χ1n) is 6.90. The first kappa shape index (κ1) is 14.6. The van der Waals surface area contributed by atoms with Crippen LogP contribution in [-0.4, -0.2) is 14.8 Å². The van der Waals surface area contributed by atoms with Crippen molar-refractivity contribution in [1.29, 1.82) is 0 Å². The van der Waals surface area contributed by atoms with Crippen LogP contribution in [0.1, 0.15) is 51.8 Å². The Balaban J connectivity index is 2.49. The summed E-state index contributed by atoms with van der Waals surface area (Å²) in [6, 6.07) is 7.97. The topological polar surface area (TPSA) is 56.7 Å².